The van der Waals surface area contributed by atoms with Gasteiger partial charge in [-0.15, -0.1) is 0 Å². The van der Waals surface area contributed by atoms with E-state index in [9.17, 15) is 5.11 Å². The normalized spacial score (nSPS) is 48.3. The van der Waals surface area contributed by atoms with Crippen LogP contribution < -0.4 is 0 Å². The highest BCUT2D eigenvalue weighted by Gasteiger charge is 2.42. The second kappa shape index (κ2) is 3.37. The molecule has 0 amide bonds. The standard InChI is InChI=1S/C13H22O/c1-9-4-5-11-8-12(14)6-7-13(11,3)10(9)2/h5,9-10,12,14H,4,6-8H2,1-3H3. The molecule has 0 bridgehead atoms. The maximum Gasteiger partial charge on any atom is 0.0577 e. The van der Waals surface area contributed by atoms with Gasteiger partial charge >= 0.3 is 0 Å². The molecule has 0 aliphatic heterocycles. The molecule has 0 heterocycles. The molecule has 1 fully saturated rings. The van der Waals surface area contributed by atoms with Crippen molar-refractivity contribution >= 4 is 0 Å². The van der Waals surface area contributed by atoms with Crippen molar-refractivity contribution in [3.05, 3.63) is 11.6 Å². The Balaban J connectivity index is 2.28. The summed E-state index contributed by atoms with van der Waals surface area (Å²) in [5.41, 5.74) is 1.92. The number of aliphatic hydroxyl groups is 1. The van der Waals surface area contributed by atoms with E-state index in [0.717, 1.165) is 24.7 Å². The summed E-state index contributed by atoms with van der Waals surface area (Å²) in [7, 11) is 0. The van der Waals surface area contributed by atoms with E-state index in [-0.39, 0.29) is 6.10 Å². The van der Waals surface area contributed by atoms with Crippen molar-refractivity contribution in [1.82, 2.24) is 0 Å². The van der Waals surface area contributed by atoms with Gasteiger partial charge in [0.15, 0.2) is 0 Å². The van der Waals surface area contributed by atoms with E-state index in [4.69, 9.17) is 0 Å². The van der Waals surface area contributed by atoms with Crippen molar-refractivity contribution in [3.63, 3.8) is 0 Å². The van der Waals surface area contributed by atoms with Crippen molar-refractivity contribution in [2.45, 2.75) is 52.6 Å². The molecule has 2 aliphatic carbocycles. The summed E-state index contributed by atoms with van der Waals surface area (Å²) in [6.45, 7) is 7.13. The molecule has 80 valence electrons. The highest BCUT2D eigenvalue weighted by molar-refractivity contribution is 5.22. The van der Waals surface area contributed by atoms with Gasteiger partial charge in [-0.05, 0) is 42.9 Å². The zero-order chi connectivity index (χ0) is 10.3. The van der Waals surface area contributed by atoms with Crippen LogP contribution in [0.5, 0.6) is 0 Å². The lowest BCUT2D eigenvalue weighted by Gasteiger charge is -2.48. The van der Waals surface area contributed by atoms with Gasteiger partial charge in [0.05, 0.1) is 6.10 Å². The highest BCUT2D eigenvalue weighted by Crippen LogP contribution is 2.52. The molecule has 0 spiro atoms. The van der Waals surface area contributed by atoms with Crippen molar-refractivity contribution in [2.24, 2.45) is 17.3 Å². The number of hydrogen-bond donors (Lipinski definition) is 1. The molecular weight excluding hydrogens is 172 g/mol. The zero-order valence-corrected chi connectivity index (χ0v) is 9.59. The molecule has 0 radical (unpaired) electrons. The topological polar surface area (TPSA) is 20.2 Å². The van der Waals surface area contributed by atoms with E-state index in [1.807, 2.05) is 0 Å². The quantitative estimate of drug-likeness (QED) is 0.587. The third kappa shape index (κ3) is 1.42. The monoisotopic (exact) mass is 194 g/mol. The summed E-state index contributed by atoms with van der Waals surface area (Å²) in [5, 5.41) is 9.67. The van der Waals surface area contributed by atoms with Crippen LogP contribution >= 0.6 is 0 Å². The Hall–Kier alpha value is -0.300. The first-order valence-electron chi connectivity index (χ1n) is 5.91. The Kier molecular flexibility index (Phi) is 2.46. The summed E-state index contributed by atoms with van der Waals surface area (Å²) in [6, 6.07) is 0. The molecule has 4 unspecified atom stereocenters. The van der Waals surface area contributed by atoms with Crippen LogP contribution in [0.15, 0.2) is 11.6 Å². The van der Waals surface area contributed by atoms with Crippen molar-refractivity contribution < 1.29 is 5.11 Å². The van der Waals surface area contributed by atoms with Crippen LogP contribution in [0.1, 0.15) is 46.5 Å². The third-order valence-corrected chi connectivity index (χ3v) is 4.78. The lowest BCUT2D eigenvalue weighted by atomic mass is 9.58. The molecule has 0 aromatic rings. The van der Waals surface area contributed by atoms with Crippen LogP contribution in [0.3, 0.4) is 0 Å². The van der Waals surface area contributed by atoms with Crippen LogP contribution in [0.2, 0.25) is 0 Å². The summed E-state index contributed by atoms with van der Waals surface area (Å²) in [6.07, 6.45) is 6.62. The Bertz CT molecular complexity index is 256. The smallest absolute Gasteiger partial charge is 0.0577 e. The van der Waals surface area contributed by atoms with E-state index in [2.05, 4.69) is 26.8 Å². The molecule has 4 atom stereocenters. The first-order chi connectivity index (χ1) is 6.54. The van der Waals surface area contributed by atoms with E-state index in [1.54, 1.807) is 0 Å². The van der Waals surface area contributed by atoms with E-state index >= 15 is 0 Å². The highest BCUT2D eigenvalue weighted by atomic mass is 16.3. The van der Waals surface area contributed by atoms with Gasteiger partial charge in [-0.2, -0.15) is 0 Å². The van der Waals surface area contributed by atoms with Crippen LogP contribution in [-0.2, 0) is 0 Å². The van der Waals surface area contributed by atoms with Crippen LogP contribution in [0.25, 0.3) is 0 Å². The molecule has 0 aromatic carbocycles. The van der Waals surface area contributed by atoms with Gasteiger partial charge in [0, 0.05) is 0 Å². The number of hydrogen-bond acceptors (Lipinski definition) is 1. The van der Waals surface area contributed by atoms with Crippen LogP contribution in [-0.4, -0.2) is 11.2 Å². The molecule has 0 aromatic heterocycles. The van der Waals surface area contributed by atoms with E-state index in [1.165, 1.54) is 18.4 Å². The Labute approximate surface area is 87.2 Å². The lowest BCUT2D eigenvalue weighted by molar-refractivity contribution is 0.0631. The Morgan fingerprint density at radius 3 is 2.86 bits per heavy atom. The van der Waals surface area contributed by atoms with Gasteiger partial charge in [0.1, 0.15) is 0 Å². The average Bonchev–Trinajstić information content (AvgIpc) is 2.16. The molecule has 1 heteroatoms. The Morgan fingerprint density at radius 2 is 2.14 bits per heavy atom. The number of fused-ring (bicyclic) bond motifs is 1. The van der Waals surface area contributed by atoms with Crippen LogP contribution in [0, 0.1) is 17.3 Å². The number of aliphatic hydroxyl groups excluding tert-OH is 1. The van der Waals surface area contributed by atoms with E-state index < -0.39 is 0 Å². The van der Waals surface area contributed by atoms with Crippen molar-refractivity contribution in [1.29, 1.82) is 0 Å². The van der Waals surface area contributed by atoms with E-state index in [0.29, 0.717) is 5.41 Å². The summed E-state index contributed by atoms with van der Waals surface area (Å²) in [4.78, 5) is 0. The first-order valence-corrected chi connectivity index (χ1v) is 5.91. The molecule has 1 nitrogen and oxygen atoms in total. The summed E-state index contributed by atoms with van der Waals surface area (Å²) in [5.74, 6) is 1.58. The average molecular weight is 194 g/mol. The molecule has 14 heavy (non-hydrogen) atoms. The molecule has 1 N–H and O–H groups in total. The third-order valence-electron chi connectivity index (χ3n) is 4.78. The molecule has 0 saturated heterocycles. The number of allylic oxidation sites excluding steroid dienone is 1. The molecule has 2 aliphatic rings. The second-order valence-electron chi connectivity index (χ2n) is 5.55. The van der Waals surface area contributed by atoms with Gasteiger partial charge in [-0.25, -0.2) is 0 Å². The van der Waals surface area contributed by atoms with Crippen molar-refractivity contribution in [3.8, 4) is 0 Å². The largest absolute Gasteiger partial charge is 0.393 e. The molecule has 2 rings (SSSR count). The van der Waals surface area contributed by atoms with Gasteiger partial charge in [0.25, 0.3) is 0 Å². The van der Waals surface area contributed by atoms with Gasteiger partial charge in [0.2, 0.25) is 0 Å². The van der Waals surface area contributed by atoms with Gasteiger partial charge < -0.3 is 5.11 Å². The van der Waals surface area contributed by atoms with Gasteiger partial charge in [-0.1, -0.05) is 32.4 Å². The predicted octanol–water partition coefficient (Wildman–Crippen LogP) is 3.14. The lowest BCUT2D eigenvalue weighted by Crippen LogP contribution is -2.40. The van der Waals surface area contributed by atoms with Crippen molar-refractivity contribution in [2.75, 3.05) is 0 Å². The van der Waals surface area contributed by atoms with Crippen LogP contribution in [0.4, 0.5) is 0 Å². The molecule has 1 saturated carbocycles. The predicted molar refractivity (Wildman–Crippen MR) is 59.0 cm³/mol. The summed E-state index contributed by atoms with van der Waals surface area (Å²) < 4.78 is 0. The minimum Gasteiger partial charge on any atom is -0.393 e. The minimum atomic E-state index is -0.0741. The SMILES string of the molecule is CC1CC=C2CC(O)CCC2(C)C1C. The maximum atomic E-state index is 9.67. The fourth-order valence-electron chi connectivity index (χ4n) is 3.21. The minimum absolute atomic E-state index is 0.0741. The zero-order valence-electron chi connectivity index (χ0n) is 9.59. The van der Waals surface area contributed by atoms with Gasteiger partial charge in [-0.3, -0.25) is 0 Å². The summed E-state index contributed by atoms with van der Waals surface area (Å²) >= 11 is 0. The fourth-order valence-corrected chi connectivity index (χ4v) is 3.21. The first kappa shape index (κ1) is 10.2. The Morgan fingerprint density at radius 1 is 1.43 bits per heavy atom. The number of rotatable bonds is 0. The molecular formula is C13H22O. The maximum absolute atomic E-state index is 9.67. The fraction of sp³-hybridized carbons (Fsp3) is 0.846. The second-order valence-corrected chi connectivity index (χ2v) is 5.55.